The van der Waals surface area contributed by atoms with Gasteiger partial charge >= 0.3 is 0 Å². The molecule has 2 aromatic rings. The second kappa shape index (κ2) is 4.91. The van der Waals surface area contributed by atoms with E-state index in [1.165, 1.54) is 0 Å². The number of hydrogen-bond acceptors (Lipinski definition) is 4. The lowest BCUT2D eigenvalue weighted by molar-refractivity contribution is 0.764. The van der Waals surface area contributed by atoms with Crippen LogP contribution in [0.5, 0.6) is 0 Å². The van der Waals surface area contributed by atoms with Crippen LogP contribution < -0.4 is 5.73 Å². The van der Waals surface area contributed by atoms with E-state index < -0.39 is 0 Å². The van der Waals surface area contributed by atoms with Gasteiger partial charge in [-0.2, -0.15) is 0 Å². The van der Waals surface area contributed by atoms with E-state index in [-0.39, 0.29) is 5.92 Å². The van der Waals surface area contributed by atoms with Gasteiger partial charge in [0.05, 0.1) is 5.69 Å². The molecule has 0 amide bonds. The molecule has 0 radical (unpaired) electrons. The summed E-state index contributed by atoms with van der Waals surface area (Å²) in [4.78, 5) is 12.8. The maximum Gasteiger partial charge on any atom is 0.133 e. The van der Waals surface area contributed by atoms with E-state index in [0.29, 0.717) is 5.82 Å². The number of hydrogen-bond donors (Lipinski definition) is 1. The Balaban J connectivity index is 2.27. The van der Waals surface area contributed by atoms with Crippen molar-refractivity contribution in [2.45, 2.75) is 26.2 Å². The van der Waals surface area contributed by atoms with Crippen LogP contribution in [0.4, 0.5) is 5.82 Å². The first kappa shape index (κ1) is 11.5. The van der Waals surface area contributed by atoms with E-state index in [0.717, 1.165) is 23.5 Å². The van der Waals surface area contributed by atoms with Gasteiger partial charge in [0.25, 0.3) is 0 Å². The van der Waals surface area contributed by atoms with Crippen molar-refractivity contribution >= 4 is 5.82 Å². The van der Waals surface area contributed by atoms with Crippen LogP contribution >= 0.6 is 0 Å². The summed E-state index contributed by atoms with van der Waals surface area (Å²) in [5.74, 6) is 1.61. The molecule has 2 heterocycles. The molecule has 17 heavy (non-hydrogen) atoms. The topological polar surface area (TPSA) is 64.7 Å². The number of pyridine rings is 1. The lowest BCUT2D eigenvalue weighted by atomic mass is 10.1. The van der Waals surface area contributed by atoms with Gasteiger partial charge < -0.3 is 5.73 Å². The fraction of sp³-hybridized carbons (Fsp3) is 0.308. The lowest BCUT2D eigenvalue weighted by Crippen LogP contribution is -2.05. The van der Waals surface area contributed by atoms with Crippen molar-refractivity contribution in [3.63, 3.8) is 0 Å². The van der Waals surface area contributed by atoms with Gasteiger partial charge in [-0.25, -0.2) is 9.97 Å². The summed E-state index contributed by atoms with van der Waals surface area (Å²) in [6.45, 7) is 4.12. The van der Waals surface area contributed by atoms with Crippen LogP contribution in [0, 0.1) is 0 Å². The summed E-state index contributed by atoms with van der Waals surface area (Å²) in [7, 11) is 0. The predicted octanol–water partition coefficient (Wildman–Crippen LogP) is 2.17. The molecule has 0 saturated carbocycles. The number of nitrogens with zero attached hydrogens (tertiary/aromatic N) is 3. The normalized spacial score (nSPS) is 10.8. The van der Waals surface area contributed by atoms with Gasteiger partial charge in [0.15, 0.2) is 0 Å². The third-order valence-electron chi connectivity index (χ3n) is 2.44. The minimum Gasteiger partial charge on any atom is -0.384 e. The van der Waals surface area contributed by atoms with E-state index in [9.17, 15) is 0 Å². The molecule has 2 rings (SSSR count). The fourth-order valence-corrected chi connectivity index (χ4v) is 1.60. The Kier molecular flexibility index (Phi) is 3.32. The van der Waals surface area contributed by atoms with Gasteiger partial charge in [0, 0.05) is 30.8 Å². The summed E-state index contributed by atoms with van der Waals surface area (Å²) in [5.41, 5.74) is 7.85. The maximum absolute atomic E-state index is 5.78. The summed E-state index contributed by atoms with van der Waals surface area (Å²) in [5, 5.41) is 0. The quantitative estimate of drug-likeness (QED) is 0.874. The van der Waals surface area contributed by atoms with Crippen LogP contribution in [-0.4, -0.2) is 15.0 Å². The molecule has 0 aliphatic carbocycles. The Morgan fingerprint density at radius 2 is 2.12 bits per heavy atom. The number of nitrogens with two attached hydrogens (primary N) is 1. The van der Waals surface area contributed by atoms with Crippen molar-refractivity contribution in [1.29, 1.82) is 0 Å². The van der Waals surface area contributed by atoms with E-state index in [1.54, 1.807) is 6.20 Å². The van der Waals surface area contributed by atoms with Gasteiger partial charge in [0.1, 0.15) is 11.6 Å². The molecule has 0 aliphatic rings. The zero-order valence-corrected chi connectivity index (χ0v) is 10.1. The minimum atomic E-state index is 0.283. The third kappa shape index (κ3) is 3.00. The van der Waals surface area contributed by atoms with Crippen molar-refractivity contribution in [3.05, 3.63) is 47.7 Å². The highest BCUT2D eigenvalue weighted by Crippen LogP contribution is 2.14. The van der Waals surface area contributed by atoms with Crippen LogP contribution in [0.2, 0.25) is 0 Å². The molecular formula is C13H16N4. The Morgan fingerprint density at radius 1 is 1.29 bits per heavy atom. The van der Waals surface area contributed by atoms with Gasteiger partial charge in [-0.15, -0.1) is 0 Å². The average Bonchev–Trinajstić information content (AvgIpc) is 2.29. The van der Waals surface area contributed by atoms with Crippen LogP contribution in [0.1, 0.15) is 36.8 Å². The summed E-state index contributed by atoms with van der Waals surface area (Å²) >= 11 is 0. The largest absolute Gasteiger partial charge is 0.384 e. The van der Waals surface area contributed by atoms with Gasteiger partial charge in [0.2, 0.25) is 0 Å². The average molecular weight is 228 g/mol. The number of rotatable bonds is 3. The Hall–Kier alpha value is -1.97. The van der Waals surface area contributed by atoms with Crippen LogP contribution in [0.15, 0.2) is 30.6 Å². The lowest BCUT2D eigenvalue weighted by Gasteiger charge is -2.07. The first-order valence-electron chi connectivity index (χ1n) is 5.67. The molecule has 0 fully saturated rings. The highest BCUT2D eigenvalue weighted by atomic mass is 14.9. The molecular weight excluding hydrogens is 212 g/mol. The van der Waals surface area contributed by atoms with E-state index in [1.807, 2.05) is 24.4 Å². The smallest absolute Gasteiger partial charge is 0.133 e. The number of aromatic nitrogens is 3. The highest BCUT2D eigenvalue weighted by Gasteiger charge is 2.07. The third-order valence-corrected chi connectivity index (χ3v) is 2.44. The number of anilines is 1. The van der Waals surface area contributed by atoms with Crippen LogP contribution in [0.3, 0.4) is 0 Å². The summed E-state index contributed by atoms with van der Waals surface area (Å²) < 4.78 is 0. The van der Waals surface area contributed by atoms with Crippen molar-refractivity contribution < 1.29 is 0 Å². The molecule has 0 saturated heterocycles. The van der Waals surface area contributed by atoms with E-state index >= 15 is 0 Å². The zero-order chi connectivity index (χ0) is 12.3. The van der Waals surface area contributed by atoms with Gasteiger partial charge in [-0.1, -0.05) is 19.9 Å². The SMILES string of the molecule is CC(C)c1nc(N)cc(Cc2cccnc2)n1. The summed E-state index contributed by atoms with van der Waals surface area (Å²) in [6, 6.07) is 5.77. The van der Waals surface area contributed by atoms with Gasteiger partial charge in [-0.3, -0.25) is 4.98 Å². The van der Waals surface area contributed by atoms with Crippen LogP contribution in [-0.2, 0) is 6.42 Å². The Labute approximate surface area is 101 Å². The molecule has 0 aromatic carbocycles. The molecule has 0 atom stereocenters. The molecule has 0 unspecified atom stereocenters. The zero-order valence-electron chi connectivity index (χ0n) is 10.1. The standard InChI is InChI=1S/C13H16N4/c1-9(2)13-16-11(7-12(14)17-13)6-10-4-3-5-15-8-10/h3-5,7-9H,6H2,1-2H3,(H2,14,16,17). The molecule has 4 nitrogen and oxygen atoms in total. The van der Waals surface area contributed by atoms with Gasteiger partial charge in [-0.05, 0) is 11.6 Å². The maximum atomic E-state index is 5.78. The molecule has 4 heteroatoms. The monoisotopic (exact) mass is 228 g/mol. The highest BCUT2D eigenvalue weighted by molar-refractivity contribution is 5.32. The molecule has 0 aliphatic heterocycles. The summed E-state index contributed by atoms with van der Waals surface area (Å²) in [6.07, 6.45) is 4.34. The van der Waals surface area contributed by atoms with Crippen molar-refractivity contribution in [2.24, 2.45) is 0 Å². The predicted molar refractivity (Wildman–Crippen MR) is 67.6 cm³/mol. The molecule has 2 N–H and O–H groups in total. The number of nitrogen functional groups attached to an aromatic ring is 1. The minimum absolute atomic E-state index is 0.283. The molecule has 88 valence electrons. The first-order valence-corrected chi connectivity index (χ1v) is 5.67. The van der Waals surface area contributed by atoms with E-state index in [2.05, 4.69) is 28.8 Å². The van der Waals surface area contributed by atoms with Crippen LogP contribution in [0.25, 0.3) is 0 Å². The Bertz CT molecular complexity index is 494. The van der Waals surface area contributed by atoms with E-state index in [4.69, 9.17) is 5.73 Å². The molecule has 2 aromatic heterocycles. The first-order chi connectivity index (χ1) is 8.15. The fourth-order valence-electron chi connectivity index (χ4n) is 1.60. The second-order valence-electron chi connectivity index (χ2n) is 4.34. The Morgan fingerprint density at radius 3 is 2.76 bits per heavy atom. The molecule has 0 spiro atoms. The second-order valence-corrected chi connectivity index (χ2v) is 4.34. The van der Waals surface area contributed by atoms with Crippen molar-refractivity contribution in [1.82, 2.24) is 15.0 Å². The molecule has 0 bridgehead atoms. The van der Waals surface area contributed by atoms with Crippen molar-refractivity contribution in [2.75, 3.05) is 5.73 Å². The van der Waals surface area contributed by atoms with Crippen molar-refractivity contribution in [3.8, 4) is 0 Å².